The molecule has 0 amide bonds. The maximum atomic E-state index is 11.5. The second-order valence-corrected chi connectivity index (χ2v) is 4.74. The first kappa shape index (κ1) is 14.3. The highest BCUT2D eigenvalue weighted by atomic mass is 16.5. The second kappa shape index (κ2) is 6.85. The predicted octanol–water partition coefficient (Wildman–Crippen LogP) is 3.90. The topological polar surface area (TPSA) is 39.2 Å². The summed E-state index contributed by atoms with van der Waals surface area (Å²) in [6, 6.07) is 10.0. The van der Waals surface area contributed by atoms with Gasteiger partial charge in [0.15, 0.2) is 0 Å². The van der Waals surface area contributed by atoms with Crippen molar-refractivity contribution < 1.29 is 9.53 Å². The Labute approximate surface area is 119 Å². The van der Waals surface area contributed by atoms with Crippen molar-refractivity contribution in [3.05, 3.63) is 47.7 Å². The van der Waals surface area contributed by atoms with E-state index in [1.165, 1.54) is 6.08 Å². The van der Waals surface area contributed by atoms with Crippen LogP contribution in [0, 0.1) is 6.92 Å². The van der Waals surface area contributed by atoms with E-state index in [4.69, 9.17) is 4.74 Å². The number of nitrogens with zero attached hydrogens (tertiary/aromatic N) is 1. The van der Waals surface area contributed by atoms with Crippen LogP contribution in [0.15, 0.2) is 36.4 Å². The highest BCUT2D eigenvalue weighted by molar-refractivity contribution is 5.88. The molecule has 1 aromatic carbocycles. The van der Waals surface area contributed by atoms with Gasteiger partial charge >= 0.3 is 5.97 Å². The molecule has 20 heavy (non-hydrogen) atoms. The summed E-state index contributed by atoms with van der Waals surface area (Å²) in [5.41, 5.74) is 2.77. The molecular weight excluding hydrogens is 250 g/mol. The molecule has 2 aromatic rings. The lowest BCUT2D eigenvalue weighted by Gasteiger charge is -2.03. The Morgan fingerprint density at radius 1 is 1.35 bits per heavy atom. The maximum Gasteiger partial charge on any atom is 0.330 e. The summed E-state index contributed by atoms with van der Waals surface area (Å²) in [6.45, 7) is 4.53. The van der Waals surface area contributed by atoms with Crippen LogP contribution in [0.25, 0.3) is 17.0 Å². The van der Waals surface area contributed by atoms with Crippen molar-refractivity contribution in [2.75, 3.05) is 6.61 Å². The van der Waals surface area contributed by atoms with Crippen LogP contribution in [0.4, 0.5) is 0 Å². The summed E-state index contributed by atoms with van der Waals surface area (Å²) in [5, 5.41) is 1.10. The van der Waals surface area contributed by atoms with Gasteiger partial charge in [0, 0.05) is 11.5 Å². The van der Waals surface area contributed by atoms with E-state index >= 15 is 0 Å². The molecule has 3 nitrogen and oxygen atoms in total. The lowest BCUT2D eigenvalue weighted by molar-refractivity contribution is -0.137. The van der Waals surface area contributed by atoms with Gasteiger partial charge in [0.25, 0.3) is 0 Å². The molecule has 0 radical (unpaired) electrons. The lowest BCUT2D eigenvalue weighted by Crippen LogP contribution is -2.02. The molecule has 3 heteroatoms. The number of hydrogen-bond acceptors (Lipinski definition) is 3. The van der Waals surface area contributed by atoms with E-state index in [0.717, 1.165) is 35.0 Å². The van der Waals surface area contributed by atoms with Gasteiger partial charge in [0.2, 0.25) is 0 Å². The first-order valence-electron chi connectivity index (χ1n) is 6.92. The molecule has 104 valence electrons. The molecular formula is C17H19NO2. The van der Waals surface area contributed by atoms with Gasteiger partial charge in [-0.2, -0.15) is 0 Å². The smallest absolute Gasteiger partial charge is 0.330 e. The summed E-state index contributed by atoms with van der Waals surface area (Å²) in [4.78, 5) is 16.1. The van der Waals surface area contributed by atoms with E-state index in [0.29, 0.717) is 6.61 Å². The Morgan fingerprint density at radius 2 is 2.15 bits per heavy atom. The second-order valence-electron chi connectivity index (χ2n) is 4.74. The number of unbranched alkanes of at least 4 members (excludes halogenated alkanes) is 1. The number of fused-ring (bicyclic) bond motifs is 1. The molecule has 0 N–H and O–H groups in total. The minimum absolute atomic E-state index is 0.312. The molecule has 0 fully saturated rings. The van der Waals surface area contributed by atoms with E-state index < -0.39 is 0 Å². The fraction of sp³-hybridized carbons (Fsp3) is 0.294. The Bertz CT molecular complexity index is 632. The zero-order chi connectivity index (χ0) is 14.4. The fourth-order valence-electron chi connectivity index (χ4n) is 1.92. The Morgan fingerprint density at radius 3 is 2.95 bits per heavy atom. The Hall–Kier alpha value is -2.16. The number of pyridine rings is 1. The Kier molecular flexibility index (Phi) is 4.88. The average Bonchev–Trinajstić information content (AvgIpc) is 2.45. The normalized spacial score (nSPS) is 11.1. The summed E-state index contributed by atoms with van der Waals surface area (Å²) < 4.78 is 5.08. The van der Waals surface area contributed by atoms with Crippen LogP contribution in [-0.4, -0.2) is 17.6 Å². The number of carbonyl (C=O) groups excluding carboxylic acids is 1. The molecule has 0 aliphatic rings. The first-order valence-corrected chi connectivity index (χ1v) is 6.92. The van der Waals surface area contributed by atoms with Gasteiger partial charge in [-0.15, -0.1) is 0 Å². The highest BCUT2D eigenvalue weighted by Crippen LogP contribution is 2.16. The average molecular weight is 269 g/mol. The molecule has 2 rings (SSSR count). The maximum absolute atomic E-state index is 11.5. The molecule has 0 aliphatic carbocycles. The van der Waals surface area contributed by atoms with Crippen molar-refractivity contribution in [2.45, 2.75) is 26.7 Å². The van der Waals surface area contributed by atoms with Crippen LogP contribution in [-0.2, 0) is 9.53 Å². The number of rotatable bonds is 5. The van der Waals surface area contributed by atoms with Gasteiger partial charge in [-0.05, 0) is 37.1 Å². The van der Waals surface area contributed by atoms with E-state index in [1.807, 2.05) is 31.2 Å². The number of carbonyl (C=O) groups is 1. The highest BCUT2D eigenvalue weighted by Gasteiger charge is 2.02. The zero-order valence-electron chi connectivity index (χ0n) is 11.9. The van der Waals surface area contributed by atoms with Gasteiger partial charge < -0.3 is 4.74 Å². The number of benzene rings is 1. The van der Waals surface area contributed by atoms with Crippen LogP contribution >= 0.6 is 0 Å². The Balaban J connectivity index is 2.12. The zero-order valence-corrected chi connectivity index (χ0v) is 11.9. The van der Waals surface area contributed by atoms with E-state index in [1.54, 1.807) is 6.08 Å². The van der Waals surface area contributed by atoms with Crippen molar-refractivity contribution in [1.29, 1.82) is 0 Å². The van der Waals surface area contributed by atoms with Crippen LogP contribution in [0.5, 0.6) is 0 Å². The summed E-state index contributed by atoms with van der Waals surface area (Å²) >= 11 is 0. The predicted molar refractivity (Wildman–Crippen MR) is 81.4 cm³/mol. The number of aromatic nitrogens is 1. The van der Waals surface area contributed by atoms with E-state index in [9.17, 15) is 4.79 Å². The summed E-state index contributed by atoms with van der Waals surface area (Å²) in [7, 11) is 0. The minimum Gasteiger partial charge on any atom is -0.463 e. The third-order valence-electron chi connectivity index (χ3n) is 3.07. The van der Waals surface area contributed by atoms with Crippen molar-refractivity contribution in [3.8, 4) is 0 Å². The van der Waals surface area contributed by atoms with Crippen molar-refractivity contribution >= 4 is 22.9 Å². The number of para-hydroxylation sites is 1. The molecule has 0 saturated carbocycles. The van der Waals surface area contributed by atoms with Gasteiger partial charge in [-0.3, -0.25) is 0 Å². The van der Waals surface area contributed by atoms with Crippen molar-refractivity contribution in [1.82, 2.24) is 4.98 Å². The van der Waals surface area contributed by atoms with Crippen LogP contribution in [0.1, 0.15) is 31.0 Å². The molecule has 0 saturated heterocycles. The van der Waals surface area contributed by atoms with Crippen molar-refractivity contribution in [2.24, 2.45) is 0 Å². The number of ether oxygens (including phenoxy) is 1. The molecule has 0 spiro atoms. The molecule has 1 aromatic heterocycles. The number of esters is 1. The molecule has 0 atom stereocenters. The summed E-state index contributed by atoms with van der Waals surface area (Å²) in [5.74, 6) is -0.312. The van der Waals surface area contributed by atoms with Crippen LogP contribution < -0.4 is 0 Å². The van der Waals surface area contributed by atoms with Crippen LogP contribution in [0.3, 0.4) is 0 Å². The van der Waals surface area contributed by atoms with Gasteiger partial charge in [-0.1, -0.05) is 31.5 Å². The number of hydrogen-bond donors (Lipinski definition) is 0. The quantitative estimate of drug-likeness (QED) is 0.469. The summed E-state index contributed by atoms with van der Waals surface area (Å²) in [6.07, 6.45) is 5.07. The fourth-order valence-corrected chi connectivity index (χ4v) is 1.92. The number of aryl methyl sites for hydroxylation is 1. The van der Waals surface area contributed by atoms with Crippen LogP contribution in [0.2, 0.25) is 0 Å². The van der Waals surface area contributed by atoms with Crippen molar-refractivity contribution in [3.63, 3.8) is 0 Å². The molecule has 0 unspecified atom stereocenters. The lowest BCUT2D eigenvalue weighted by atomic mass is 10.1. The van der Waals surface area contributed by atoms with E-state index in [-0.39, 0.29) is 5.97 Å². The third kappa shape index (κ3) is 3.67. The van der Waals surface area contributed by atoms with Gasteiger partial charge in [0.1, 0.15) is 0 Å². The molecule has 0 aliphatic heterocycles. The minimum atomic E-state index is -0.312. The molecule has 1 heterocycles. The SMILES string of the molecule is CCCCOC(=O)/C=C/c1nc2ccccc2cc1C. The third-order valence-corrected chi connectivity index (χ3v) is 3.07. The van der Waals surface area contributed by atoms with Gasteiger partial charge in [-0.25, -0.2) is 9.78 Å². The molecule has 0 bridgehead atoms. The standard InChI is InChI=1S/C17H19NO2/c1-3-4-11-20-17(19)10-9-15-13(2)12-14-7-5-6-8-16(14)18-15/h5-10,12H,3-4,11H2,1-2H3/b10-9+. The monoisotopic (exact) mass is 269 g/mol. The van der Waals surface area contributed by atoms with E-state index in [2.05, 4.69) is 18.0 Å². The first-order chi connectivity index (χ1) is 9.70. The van der Waals surface area contributed by atoms with Gasteiger partial charge in [0.05, 0.1) is 17.8 Å². The largest absolute Gasteiger partial charge is 0.463 e.